The quantitative estimate of drug-likeness (QED) is 0.502. The van der Waals surface area contributed by atoms with E-state index in [1.54, 1.807) is 0 Å². The molecule has 3 heterocycles. The fourth-order valence-electron chi connectivity index (χ4n) is 3.59. The first kappa shape index (κ1) is 18.5. The minimum Gasteiger partial charge on any atom is -0.338 e. The molecule has 8 heteroatoms. The van der Waals surface area contributed by atoms with Crippen molar-refractivity contribution in [3.05, 3.63) is 66.1 Å². The van der Waals surface area contributed by atoms with Gasteiger partial charge in [0.1, 0.15) is 0 Å². The summed E-state index contributed by atoms with van der Waals surface area (Å²) in [6.07, 6.45) is 0. The minimum atomic E-state index is 0.544. The van der Waals surface area contributed by atoms with Crippen molar-refractivity contribution in [3.8, 4) is 22.8 Å². The molecule has 8 nitrogen and oxygen atoms in total. The summed E-state index contributed by atoms with van der Waals surface area (Å²) < 4.78 is 10.9. The number of rotatable bonds is 5. The Morgan fingerprint density at radius 2 is 1.60 bits per heavy atom. The van der Waals surface area contributed by atoms with Crippen LogP contribution in [0, 0.1) is 6.92 Å². The molecule has 30 heavy (non-hydrogen) atoms. The molecular formula is C22H22N6O2. The summed E-state index contributed by atoms with van der Waals surface area (Å²) in [6, 6.07) is 17.9. The van der Waals surface area contributed by atoms with Gasteiger partial charge in [0.25, 0.3) is 11.8 Å². The molecule has 0 saturated carbocycles. The van der Waals surface area contributed by atoms with Crippen LogP contribution in [0.3, 0.4) is 0 Å². The summed E-state index contributed by atoms with van der Waals surface area (Å²) in [5.41, 5.74) is 3.06. The van der Waals surface area contributed by atoms with Crippen LogP contribution in [0.25, 0.3) is 22.8 Å². The van der Waals surface area contributed by atoms with Gasteiger partial charge < -0.3 is 13.9 Å². The number of hydrogen-bond acceptors (Lipinski definition) is 8. The van der Waals surface area contributed by atoms with E-state index in [1.165, 1.54) is 0 Å². The predicted molar refractivity (Wildman–Crippen MR) is 112 cm³/mol. The zero-order chi connectivity index (χ0) is 20.3. The van der Waals surface area contributed by atoms with Crippen LogP contribution in [0.1, 0.15) is 11.5 Å². The third-order valence-corrected chi connectivity index (χ3v) is 5.30. The van der Waals surface area contributed by atoms with Gasteiger partial charge >= 0.3 is 0 Å². The lowest BCUT2D eigenvalue weighted by Crippen LogP contribution is -2.46. The molecule has 1 aliphatic rings. The molecule has 2 aromatic carbocycles. The van der Waals surface area contributed by atoms with Crippen molar-refractivity contribution in [2.24, 2.45) is 0 Å². The van der Waals surface area contributed by atoms with Gasteiger partial charge in [0.15, 0.2) is 0 Å². The minimum absolute atomic E-state index is 0.544. The molecule has 0 atom stereocenters. The first-order valence-electron chi connectivity index (χ1n) is 10.0. The van der Waals surface area contributed by atoms with Gasteiger partial charge in [0, 0.05) is 37.3 Å². The maximum atomic E-state index is 5.48. The molecule has 0 unspecified atom stereocenters. The highest BCUT2D eigenvalue weighted by molar-refractivity contribution is 5.59. The van der Waals surface area contributed by atoms with Crippen molar-refractivity contribution in [2.75, 3.05) is 31.1 Å². The molecule has 0 radical (unpaired) electrons. The lowest BCUT2D eigenvalue weighted by Gasteiger charge is -2.32. The van der Waals surface area contributed by atoms with Crippen LogP contribution in [0.2, 0.25) is 0 Å². The van der Waals surface area contributed by atoms with Crippen LogP contribution in [0.5, 0.6) is 0 Å². The van der Waals surface area contributed by atoms with E-state index in [0.717, 1.165) is 42.9 Å². The van der Waals surface area contributed by atoms with E-state index in [9.17, 15) is 0 Å². The molecule has 1 fully saturated rings. The van der Waals surface area contributed by atoms with E-state index in [4.69, 9.17) is 9.05 Å². The first-order valence-corrected chi connectivity index (χ1v) is 10.0. The number of nitrogens with zero attached hydrogens (tertiary/aromatic N) is 6. The van der Waals surface area contributed by atoms with Gasteiger partial charge in [0.2, 0.25) is 11.7 Å². The fourth-order valence-corrected chi connectivity index (χ4v) is 3.59. The highest BCUT2D eigenvalue weighted by Crippen LogP contribution is 2.22. The summed E-state index contributed by atoms with van der Waals surface area (Å²) >= 11 is 0. The molecule has 0 spiro atoms. The molecule has 2 aromatic heterocycles. The van der Waals surface area contributed by atoms with E-state index in [2.05, 4.69) is 30.1 Å². The topological polar surface area (TPSA) is 84.3 Å². The van der Waals surface area contributed by atoms with E-state index in [0.29, 0.717) is 30.1 Å². The molecule has 1 saturated heterocycles. The SMILES string of the molecule is Cc1ccccc1-c1noc(CN2CCN(c3noc(-c4ccccc4)n3)CC2)n1. The lowest BCUT2D eigenvalue weighted by molar-refractivity contribution is 0.214. The van der Waals surface area contributed by atoms with Crippen LogP contribution in [0.15, 0.2) is 63.6 Å². The summed E-state index contributed by atoms with van der Waals surface area (Å²) in [7, 11) is 0. The Morgan fingerprint density at radius 1 is 0.833 bits per heavy atom. The number of benzene rings is 2. The molecule has 0 N–H and O–H groups in total. The molecule has 152 valence electrons. The number of hydrogen-bond donors (Lipinski definition) is 0. The Kier molecular flexibility index (Phi) is 4.98. The van der Waals surface area contributed by atoms with Crippen LogP contribution in [-0.4, -0.2) is 51.4 Å². The largest absolute Gasteiger partial charge is 0.338 e. The Hall–Kier alpha value is -3.52. The fraction of sp³-hybridized carbons (Fsp3) is 0.273. The van der Waals surface area contributed by atoms with Crippen molar-refractivity contribution in [2.45, 2.75) is 13.5 Å². The van der Waals surface area contributed by atoms with E-state index < -0.39 is 0 Å². The monoisotopic (exact) mass is 402 g/mol. The number of piperazine rings is 1. The predicted octanol–water partition coefficient (Wildman–Crippen LogP) is 3.42. The average Bonchev–Trinajstić information content (AvgIpc) is 3.46. The maximum absolute atomic E-state index is 5.48. The Balaban J connectivity index is 1.19. The molecule has 5 rings (SSSR count). The number of aryl methyl sites for hydroxylation is 1. The van der Waals surface area contributed by atoms with Gasteiger partial charge in [-0.05, 0) is 29.8 Å². The van der Waals surface area contributed by atoms with Crippen molar-refractivity contribution in [1.29, 1.82) is 0 Å². The van der Waals surface area contributed by atoms with E-state index in [1.807, 2.05) is 61.5 Å². The Labute approximate surface area is 174 Å². The zero-order valence-electron chi connectivity index (χ0n) is 16.7. The van der Waals surface area contributed by atoms with Crippen molar-refractivity contribution in [1.82, 2.24) is 25.2 Å². The van der Waals surface area contributed by atoms with Gasteiger partial charge in [0.05, 0.1) is 6.54 Å². The molecular weight excluding hydrogens is 380 g/mol. The van der Waals surface area contributed by atoms with Crippen molar-refractivity contribution in [3.63, 3.8) is 0 Å². The van der Waals surface area contributed by atoms with Crippen LogP contribution >= 0.6 is 0 Å². The summed E-state index contributed by atoms with van der Waals surface area (Å²) in [5, 5.41) is 8.30. The van der Waals surface area contributed by atoms with Crippen molar-refractivity contribution >= 4 is 5.95 Å². The molecule has 0 bridgehead atoms. The molecule has 4 aromatic rings. The lowest BCUT2D eigenvalue weighted by atomic mass is 10.1. The van der Waals surface area contributed by atoms with Crippen LogP contribution in [0.4, 0.5) is 5.95 Å². The Morgan fingerprint density at radius 3 is 2.40 bits per heavy atom. The number of anilines is 1. The van der Waals surface area contributed by atoms with Gasteiger partial charge in [-0.3, -0.25) is 4.90 Å². The normalized spacial score (nSPS) is 14.9. The first-order chi connectivity index (χ1) is 14.8. The number of aromatic nitrogens is 4. The standard InChI is InChI=1S/C22H22N6O2/c1-16-7-5-6-10-18(16)20-23-19(29-25-20)15-27-11-13-28(14-12-27)22-24-21(30-26-22)17-8-3-2-4-9-17/h2-10H,11-15H2,1H3. The third-order valence-electron chi connectivity index (χ3n) is 5.30. The summed E-state index contributed by atoms with van der Waals surface area (Å²) in [6.45, 7) is 6.02. The van der Waals surface area contributed by atoms with E-state index >= 15 is 0 Å². The zero-order valence-corrected chi connectivity index (χ0v) is 16.7. The molecule has 0 aliphatic carbocycles. The van der Waals surface area contributed by atoms with Gasteiger partial charge in [-0.1, -0.05) is 47.6 Å². The Bertz CT molecular complexity index is 1120. The second-order valence-corrected chi connectivity index (χ2v) is 7.36. The third kappa shape index (κ3) is 3.81. The molecule has 1 aliphatic heterocycles. The van der Waals surface area contributed by atoms with E-state index in [-0.39, 0.29) is 0 Å². The van der Waals surface area contributed by atoms with Gasteiger partial charge in [-0.25, -0.2) is 0 Å². The molecule has 0 amide bonds. The second kappa shape index (κ2) is 8.08. The van der Waals surface area contributed by atoms with Crippen molar-refractivity contribution < 1.29 is 9.05 Å². The highest BCUT2D eigenvalue weighted by atomic mass is 16.5. The second-order valence-electron chi connectivity index (χ2n) is 7.36. The van der Waals surface area contributed by atoms with Gasteiger partial charge in [-0.2, -0.15) is 9.97 Å². The maximum Gasteiger partial charge on any atom is 0.266 e. The summed E-state index contributed by atoms with van der Waals surface area (Å²) in [4.78, 5) is 13.6. The highest BCUT2D eigenvalue weighted by Gasteiger charge is 2.23. The van der Waals surface area contributed by atoms with Gasteiger partial charge in [-0.15, -0.1) is 0 Å². The summed E-state index contributed by atoms with van der Waals surface area (Å²) in [5.74, 6) is 2.45. The smallest absolute Gasteiger partial charge is 0.266 e. The average molecular weight is 402 g/mol. The van der Waals surface area contributed by atoms with Crippen LogP contribution in [-0.2, 0) is 6.54 Å². The van der Waals surface area contributed by atoms with Crippen LogP contribution < -0.4 is 4.90 Å².